The maximum atomic E-state index is 10.3. The second-order valence-electron chi connectivity index (χ2n) is 2.46. The molecular formula is C5H12OSi. The topological polar surface area (TPSA) is 17.1 Å². The van der Waals surface area contributed by atoms with Crippen molar-refractivity contribution in [1.82, 2.24) is 0 Å². The minimum atomic E-state index is -0.587. The maximum absolute atomic E-state index is 10.3. The van der Waals surface area contributed by atoms with Crippen molar-refractivity contribution in [2.24, 2.45) is 0 Å². The zero-order chi connectivity index (χ0) is 5.91. The van der Waals surface area contributed by atoms with Crippen molar-refractivity contribution >= 4 is 9.41 Å². The average molecular weight is 116 g/mol. The van der Waals surface area contributed by atoms with E-state index in [2.05, 4.69) is 6.92 Å². The summed E-state index contributed by atoms with van der Waals surface area (Å²) in [5, 5.41) is 0.111. The Morgan fingerprint density at radius 1 is 1.57 bits per heavy atom. The van der Waals surface area contributed by atoms with Crippen molar-refractivity contribution in [1.29, 1.82) is 0 Å². The van der Waals surface area contributed by atoms with E-state index >= 15 is 0 Å². The molecule has 0 spiro atoms. The van der Waals surface area contributed by atoms with Crippen LogP contribution in [0.1, 0.15) is 27.2 Å². The predicted molar refractivity (Wildman–Crippen MR) is 32.2 cm³/mol. The summed E-state index contributed by atoms with van der Waals surface area (Å²) < 4.78 is 10.3. The normalized spacial score (nSPS) is 11.3. The van der Waals surface area contributed by atoms with Crippen molar-refractivity contribution < 1.29 is 4.46 Å². The highest BCUT2D eigenvalue weighted by molar-refractivity contribution is 6.22. The molecule has 0 amide bonds. The van der Waals surface area contributed by atoms with Crippen LogP contribution in [0.5, 0.6) is 0 Å². The van der Waals surface area contributed by atoms with Crippen LogP contribution < -0.4 is 0 Å². The summed E-state index contributed by atoms with van der Waals surface area (Å²) in [7, 11) is -0.587. The molecule has 0 bridgehead atoms. The van der Waals surface area contributed by atoms with Gasteiger partial charge in [-0.05, 0) is 6.42 Å². The standard InChI is InChI=1S/C5H12OSi/c1-4-5(2,3)7-6/h7H,4H2,1-3H3. The highest BCUT2D eigenvalue weighted by atomic mass is 28.2. The van der Waals surface area contributed by atoms with Crippen LogP contribution in [-0.2, 0) is 4.46 Å². The van der Waals surface area contributed by atoms with Crippen molar-refractivity contribution in [3.05, 3.63) is 0 Å². The molecule has 0 aliphatic heterocycles. The molecule has 42 valence electrons. The lowest BCUT2D eigenvalue weighted by molar-refractivity contribution is 0.527. The monoisotopic (exact) mass is 116 g/mol. The summed E-state index contributed by atoms with van der Waals surface area (Å²) >= 11 is 0. The fourth-order valence-corrected chi connectivity index (χ4v) is 0.250. The van der Waals surface area contributed by atoms with Crippen molar-refractivity contribution in [3.63, 3.8) is 0 Å². The lowest BCUT2D eigenvalue weighted by Crippen LogP contribution is -2.02. The fraction of sp³-hybridized carbons (Fsp3) is 1.00. The maximum Gasteiger partial charge on any atom is 0.267 e. The van der Waals surface area contributed by atoms with Crippen LogP contribution in [0.3, 0.4) is 0 Å². The predicted octanol–water partition coefficient (Wildman–Crippen LogP) is 1.38. The van der Waals surface area contributed by atoms with E-state index in [0.29, 0.717) is 0 Å². The van der Waals surface area contributed by atoms with Crippen LogP contribution in [0.2, 0.25) is 5.04 Å². The molecule has 0 radical (unpaired) electrons. The minimum Gasteiger partial charge on any atom is -0.392 e. The summed E-state index contributed by atoms with van der Waals surface area (Å²) in [5.41, 5.74) is 0. The van der Waals surface area contributed by atoms with E-state index in [1.165, 1.54) is 0 Å². The first kappa shape index (κ1) is 7.02. The van der Waals surface area contributed by atoms with Gasteiger partial charge in [-0.15, -0.1) is 0 Å². The third-order valence-electron chi connectivity index (χ3n) is 1.23. The second kappa shape index (κ2) is 2.36. The molecule has 0 aliphatic rings. The van der Waals surface area contributed by atoms with Gasteiger partial charge >= 0.3 is 0 Å². The van der Waals surface area contributed by atoms with E-state index in [1.54, 1.807) is 0 Å². The van der Waals surface area contributed by atoms with Gasteiger partial charge in [0.05, 0.1) is 0 Å². The zero-order valence-electron chi connectivity index (χ0n) is 5.19. The van der Waals surface area contributed by atoms with Gasteiger partial charge in [-0.1, -0.05) is 20.8 Å². The Balaban J connectivity index is 3.58. The lowest BCUT2D eigenvalue weighted by atomic mass is 10.1. The third-order valence-corrected chi connectivity index (χ3v) is 2.28. The molecule has 0 rings (SSSR count). The lowest BCUT2D eigenvalue weighted by Gasteiger charge is -2.10. The summed E-state index contributed by atoms with van der Waals surface area (Å²) in [4.78, 5) is 0. The van der Waals surface area contributed by atoms with E-state index in [1.807, 2.05) is 13.8 Å². The Morgan fingerprint density at radius 3 is 2.00 bits per heavy atom. The molecule has 1 nitrogen and oxygen atoms in total. The van der Waals surface area contributed by atoms with Gasteiger partial charge in [0.1, 0.15) is 0 Å². The smallest absolute Gasteiger partial charge is 0.267 e. The molecule has 0 aliphatic carbocycles. The summed E-state index contributed by atoms with van der Waals surface area (Å²) in [6.07, 6.45) is 1.02. The van der Waals surface area contributed by atoms with Gasteiger partial charge in [-0.3, -0.25) is 0 Å². The third kappa shape index (κ3) is 2.68. The first-order valence-corrected chi connectivity index (χ1v) is 3.63. The van der Waals surface area contributed by atoms with Gasteiger partial charge in [0, 0.05) is 5.04 Å². The van der Waals surface area contributed by atoms with Gasteiger partial charge in [0.15, 0.2) is 0 Å². The quantitative estimate of drug-likeness (QED) is 0.498. The number of hydrogen-bond acceptors (Lipinski definition) is 1. The number of rotatable bonds is 2. The Morgan fingerprint density at radius 2 is 2.00 bits per heavy atom. The summed E-state index contributed by atoms with van der Waals surface area (Å²) in [6.45, 7) is 6.11. The molecule has 0 saturated carbocycles. The van der Waals surface area contributed by atoms with Crippen LogP contribution in [0.15, 0.2) is 0 Å². The van der Waals surface area contributed by atoms with Crippen LogP contribution in [0.25, 0.3) is 0 Å². The minimum absolute atomic E-state index is 0.111. The molecule has 0 saturated heterocycles. The Hall–Kier alpha value is 0.0169. The molecular weight excluding hydrogens is 104 g/mol. The summed E-state index contributed by atoms with van der Waals surface area (Å²) in [6, 6.07) is 0. The molecule has 0 unspecified atom stereocenters. The molecule has 0 aromatic carbocycles. The van der Waals surface area contributed by atoms with Crippen LogP contribution >= 0.6 is 0 Å². The molecule has 7 heavy (non-hydrogen) atoms. The van der Waals surface area contributed by atoms with Crippen molar-refractivity contribution in [2.45, 2.75) is 32.2 Å². The van der Waals surface area contributed by atoms with Crippen LogP contribution in [0.4, 0.5) is 0 Å². The largest absolute Gasteiger partial charge is 0.392 e. The van der Waals surface area contributed by atoms with Gasteiger partial charge < -0.3 is 4.46 Å². The molecule has 0 aromatic heterocycles. The van der Waals surface area contributed by atoms with Gasteiger partial charge in [-0.2, -0.15) is 0 Å². The second-order valence-corrected chi connectivity index (χ2v) is 4.26. The Labute approximate surface area is 47.0 Å². The average Bonchev–Trinajstić information content (AvgIpc) is 1.68. The fourth-order valence-electron chi connectivity index (χ4n) is 0.0833. The first-order chi connectivity index (χ1) is 3.12. The Kier molecular flexibility index (Phi) is 2.36. The van der Waals surface area contributed by atoms with Gasteiger partial charge in [0.25, 0.3) is 9.41 Å². The summed E-state index contributed by atoms with van der Waals surface area (Å²) in [5.74, 6) is 0. The van der Waals surface area contributed by atoms with Crippen LogP contribution in [0, 0.1) is 0 Å². The van der Waals surface area contributed by atoms with Crippen LogP contribution in [-0.4, -0.2) is 9.41 Å². The van der Waals surface area contributed by atoms with Gasteiger partial charge in [-0.25, -0.2) is 0 Å². The molecule has 0 atom stereocenters. The van der Waals surface area contributed by atoms with E-state index in [-0.39, 0.29) is 5.04 Å². The molecule has 0 heterocycles. The van der Waals surface area contributed by atoms with E-state index in [9.17, 15) is 4.46 Å². The number of hydrogen-bond donors (Lipinski definition) is 0. The van der Waals surface area contributed by atoms with Gasteiger partial charge in [0.2, 0.25) is 0 Å². The van der Waals surface area contributed by atoms with Crippen molar-refractivity contribution in [3.8, 4) is 0 Å². The molecule has 0 N–H and O–H groups in total. The van der Waals surface area contributed by atoms with Crippen molar-refractivity contribution in [2.75, 3.05) is 0 Å². The molecule has 2 heteroatoms. The van der Waals surface area contributed by atoms with E-state index in [0.717, 1.165) is 6.42 Å². The molecule has 0 fully saturated rings. The van der Waals surface area contributed by atoms with E-state index < -0.39 is 9.41 Å². The highest BCUT2D eigenvalue weighted by Crippen LogP contribution is 2.22. The highest BCUT2D eigenvalue weighted by Gasteiger charge is 2.12. The first-order valence-electron chi connectivity index (χ1n) is 2.59. The molecule has 0 aromatic rings. The SMILES string of the molecule is CCC(C)(C)[SiH]=O. The Bertz CT molecular complexity index is 68.5. The van der Waals surface area contributed by atoms with E-state index in [4.69, 9.17) is 0 Å². The zero-order valence-corrected chi connectivity index (χ0v) is 6.35.